The normalized spacial score (nSPS) is 13.6. The van der Waals surface area contributed by atoms with Crippen LogP contribution in [0.25, 0.3) is 87.5 Å². The molecule has 0 aliphatic heterocycles. The van der Waals surface area contributed by atoms with Crippen molar-refractivity contribution in [1.82, 2.24) is 8.97 Å². The molecule has 2 heteroatoms. The maximum absolute atomic E-state index is 2.55. The molecule has 0 bridgehead atoms. The third kappa shape index (κ3) is 3.55. The molecule has 0 fully saturated rings. The lowest BCUT2D eigenvalue weighted by atomic mass is 9.68. The fourth-order valence-corrected chi connectivity index (χ4v) is 10.6. The second-order valence-corrected chi connectivity index (χ2v) is 15.2. The summed E-state index contributed by atoms with van der Waals surface area (Å²) >= 11 is 0. The molecular formula is C53H32N2. The summed E-state index contributed by atoms with van der Waals surface area (Å²) in [5.41, 5.74) is 14.8. The number of benzene rings is 9. The van der Waals surface area contributed by atoms with Crippen LogP contribution in [0.1, 0.15) is 22.3 Å². The van der Waals surface area contributed by atoms with Gasteiger partial charge in [-0.25, -0.2) is 0 Å². The first kappa shape index (κ1) is 29.3. The molecule has 0 N–H and O–H groups in total. The maximum atomic E-state index is 2.55. The monoisotopic (exact) mass is 696 g/mol. The summed E-state index contributed by atoms with van der Waals surface area (Å²) in [6.07, 6.45) is 0. The van der Waals surface area contributed by atoms with E-state index in [4.69, 9.17) is 0 Å². The highest BCUT2D eigenvalue weighted by molar-refractivity contribution is 6.34. The van der Waals surface area contributed by atoms with Gasteiger partial charge in [-0.05, 0) is 69.1 Å². The lowest BCUT2D eigenvalue weighted by Crippen LogP contribution is -2.28. The Kier molecular flexibility index (Phi) is 5.59. The lowest BCUT2D eigenvalue weighted by Gasteiger charge is -2.33. The molecular weight excluding hydrogens is 665 g/mol. The van der Waals surface area contributed by atoms with Crippen LogP contribution in [0.3, 0.4) is 0 Å². The summed E-state index contributed by atoms with van der Waals surface area (Å²) in [6.45, 7) is 0. The molecule has 1 aliphatic carbocycles. The van der Waals surface area contributed by atoms with Crippen molar-refractivity contribution in [3.8, 4) is 16.8 Å². The van der Waals surface area contributed by atoms with E-state index in [1.165, 1.54) is 110 Å². The van der Waals surface area contributed by atoms with E-state index in [9.17, 15) is 0 Å². The zero-order chi connectivity index (χ0) is 35.8. The standard InChI is InChI=1S/C53H32N2/c1-3-14-34(15-4-1)53(35-16-5-2-6-17-35)44-23-10-7-18-37(44)43-32-36(28-30-45(43)53)54-46-24-11-8-20-39(46)41-29-26-33-27-31-48-50(49(33)52(41)54)42-22-13-21-40-38-19-9-12-25-47(38)55(48)51(40)42/h1-32H. The van der Waals surface area contributed by atoms with Crippen LogP contribution in [-0.4, -0.2) is 8.97 Å². The molecule has 0 spiro atoms. The van der Waals surface area contributed by atoms with Gasteiger partial charge < -0.3 is 8.97 Å². The number of rotatable bonds is 3. The number of fused-ring (bicyclic) bond motifs is 15. The summed E-state index contributed by atoms with van der Waals surface area (Å²) in [4.78, 5) is 0. The van der Waals surface area contributed by atoms with Gasteiger partial charge in [-0.15, -0.1) is 0 Å². The molecule has 0 radical (unpaired) electrons. The molecule has 254 valence electrons. The van der Waals surface area contributed by atoms with Crippen molar-refractivity contribution in [3.05, 3.63) is 216 Å². The number of hydrogen-bond donors (Lipinski definition) is 0. The van der Waals surface area contributed by atoms with Gasteiger partial charge >= 0.3 is 0 Å². The lowest BCUT2D eigenvalue weighted by molar-refractivity contribution is 0.768. The number of aromatic nitrogens is 2. The summed E-state index contributed by atoms with van der Waals surface area (Å²) in [5.74, 6) is 0. The molecule has 3 heterocycles. The Morgan fingerprint density at radius 1 is 0.345 bits per heavy atom. The van der Waals surface area contributed by atoms with Gasteiger partial charge in [-0.1, -0.05) is 164 Å². The van der Waals surface area contributed by atoms with Gasteiger partial charge in [0.05, 0.1) is 33.0 Å². The van der Waals surface area contributed by atoms with Gasteiger partial charge in [0.15, 0.2) is 0 Å². The van der Waals surface area contributed by atoms with Crippen LogP contribution in [0.2, 0.25) is 0 Å². The fourth-order valence-electron chi connectivity index (χ4n) is 10.6. The fraction of sp³-hybridized carbons (Fsp3) is 0.0189. The Hall–Kier alpha value is -7.16. The summed E-state index contributed by atoms with van der Waals surface area (Å²) in [5, 5.41) is 10.3. The van der Waals surface area contributed by atoms with Crippen molar-refractivity contribution < 1.29 is 0 Å². The molecule has 0 atom stereocenters. The van der Waals surface area contributed by atoms with E-state index in [2.05, 4.69) is 203 Å². The van der Waals surface area contributed by atoms with Crippen LogP contribution >= 0.6 is 0 Å². The minimum Gasteiger partial charge on any atom is -0.309 e. The topological polar surface area (TPSA) is 9.34 Å². The molecule has 9 aromatic carbocycles. The number of hydrogen-bond acceptors (Lipinski definition) is 0. The minimum absolute atomic E-state index is 0.434. The average Bonchev–Trinajstić information content (AvgIpc) is 3.98. The Labute approximate surface area is 317 Å². The smallest absolute Gasteiger partial charge is 0.0713 e. The van der Waals surface area contributed by atoms with Crippen LogP contribution in [0.5, 0.6) is 0 Å². The van der Waals surface area contributed by atoms with Crippen LogP contribution in [-0.2, 0) is 5.41 Å². The Morgan fingerprint density at radius 3 is 1.75 bits per heavy atom. The summed E-state index contributed by atoms with van der Waals surface area (Å²) in [7, 11) is 0. The van der Waals surface area contributed by atoms with Gasteiger partial charge in [0.25, 0.3) is 0 Å². The molecule has 3 aromatic heterocycles. The Balaban J connectivity index is 1.18. The largest absolute Gasteiger partial charge is 0.309 e. The quantitative estimate of drug-likeness (QED) is 0.174. The van der Waals surface area contributed by atoms with E-state index in [1.54, 1.807) is 0 Å². The summed E-state index contributed by atoms with van der Waals surface area (Å²) < 4.78 is 5.05. The molecule has 0 unspecified atom stereocenters. The van der Waals surface area contributed by atoms with Gasteiger partial charge in [-0.3, -0.25) is 0 Å². The third-order valence-electron chi connectivity index (χ3n) is 12.7. The van der Waals surface area contributed by atoms with E-state index < -0.39 is 5.41 Å². The van der Waals surface area contributed by atoms with Crippen molar-refractivity contribution in [2.24, 2.45) is 0 Å². The van der Waals surface area contributed by atoms with Crippen molar-refractivity contribution >= 4 is 70.7 Å². The van der Waals surface area contributed by atoms with Crippen molar-refractivity contribution in [3.63, 3.8) is 0 Å². The van der Waals surface area contributed by atoms with Crippen LogP contribution in [0.15, 0.2) is 194 Å². The van der Waals surface area contributed by atoms with Gasteiger partial charge in [0, 0.05) is 43.4 Å². The second-order valence-electron chi connectivity index (χ2n) is 15.2. The maximum Gasteiger partial charge on any atom is 0.0713 e. The first-order valence-electron chi connectivity index (χ1n) is 19.2. The van der Waals surface area contributed by atoms with E-state index in [-0.39, 0.29) is 0 Å². The molecule has 0 saturated carbocycles. The predicted molar refractivity (Wildman–Crippen MR) is 230 cm³/mol. The van der Waals surface area contributed by atoms with E-state index >= 15 is 0 Å². The van der Waals surface area contributed by atoms with Gasteiger partial charge in [0.2, 0.25) is 0 Å². The van der Waals surface area contributed by atoms with Crippen LogP contribution in [0.4, 0.5) is 0 Å². The molecule has 2 nitrogen and oxygen atoms in total. The van der Waals surface area contributed by atoms with Crippen molar-refractivity contribution in [2.45, 2.75) is 5.41 Å². The molecule has 0 saturated heterocycles. The van der Waals surface area contributed by atoms with Gasteiger partial charge in [0.1, 0.15) is 0 Å². The summed E-state index contributed by atoms with van der Waals surface area (Å²) in [6, 6.07) is 72.4. The first-order chi connectivity index (χ1) is 27.3. The van der Waals surface area contributed by atoms with Crippen LogP contribution < -0.4 is 0 Å². The van der Waals surface area contributed by atoms with E-state index in [0.717, 1.165) is 0 Å². The molecule has 13 rings (SSSR count). The molecule has 55 heavy (non-hydrogen) atoms. The minimum atomic E-state index is -0.434. The highest BCUT2D eigenvalue weighted by Crippen LogP contribution is 2.57. The second kappa shape index (κ2) is 10.5. The number of nitrogens with zero attached hydrogens (tertiary/aromatic N) is 2. The van der Waals surface area contributed by atoms with Crippen molar-refractivity contribution in [2.75, 3.05) is 0 Å². The zero-order valence-electron chi connectivity index (χ0n) is 29.9. The SMILES string of the molecule is c1ccc(C2(c3ccccc3)c3ccccc3-c3cc(-n4c5ccccc5c5ccc6ccc7c(c8cccc9c%10ccccc%10n7c98)c6c54)ccc32)cc1. The van der Waals surface area contributed by atoms with Gasteiger partial charge in [-0.2, -0.15) is 0 Å². The predicted octanol–water partition coefficient (Wildman–Crippen LogP) is 13.5. The Bertz CT molecular complexity index is 3490. The van der Waals surface area contributed by atoms with E-state index in [1.807, 2.05) is 0 Å². The average molecular weight is 697 g/mol. The van der Waals surface area contributed by atoms with Crippen molar-refractivity contribution in [1.29, 1.82) is 0 Å². The molecule has 1 aliphatic rings. The highest BCUT2D eigenvalue weighted by Gasteiger charge is 2.46. The van der Waals surface area contributed by atoms with E-state index in [0.29, 0.717) is 0 Å². The van der Waals surface area contributed by atoms with Crippen LogP contribution in [0, 0.1) is 0 Å². The zero-order valence-corrected chi connectivity index (χ0v) is 29.9. The number of para-hydroxylation sites is 3. The molecule has 12 aromatic rings. The Morgan fingerprint density at radius 2 is 0.945 bits per heavy atom. The molecule has 0 amide bonds. The third-order valence-corrected chi connectivity index (χ3v) is 12.7. The first-order valence-corrected chi connectivity index (χ1v) is 19.2. The highest BCUT2D eigenvalue weighted by atomic mass is 15.0.